The lowest BCUT2D eigenvalue weighted by molar-refractivity contribution is -0.157. The summed E-state index contributed by atoms with van der Waals surface area (Å²) in [6.07, 6.45) is -2.46. The summed E-state index contributed by atoms with van der Waals surface area (Å²) in [5.41, 5.74) is -2.71. The lowest BCUT2D eigenvalue weighted by Gasteiger charge is -2.36. The molecule has 0 radical (unpaired) electrons. The van der Waals surface area contributed by atoms with Crippen molar-refractivity contribution in [1.29, 1.82) is 0 Å². The SMILES string of the molecule is CCOC(=O)C1CCCCN1C(=O)CC1(c2cccc(C(F)(F)F)c2)CC(=O)N(C2CC2)C1=O. The highest BCUT2D eigenvalue weighted by Crippen LogP contribution is 2.45. The lowest BCUT2D eigenvalue weighted by atomic mass is 9.75. The quantitative estimate of drug-likeness (QED) is 0.461. The number of amides is 3. The maximum atomic E-state index is 13.6. The van der Waals surface area contributed by atoms with Crippen molar-refractivity contribution in [2.24, 2.45) is 0 Å². The molecule has 3 amide bonds. The number of hydrogen-bond donors (Lipinski definition) is 0. The molecule has 1 saturated carbocycles. The zero-order valence-corrected chi connectivity index (χ0v) is 18.9. The Bertz CT molecular complexity index is 1010. The van der Waals surface area contributed by atoms with Crippen LogP contribution in [0.3, 0.4) is 0 Å². The number of alkyl halides is 3. The van der Waals surface area contributed by atoms with Crippen LogP contribution in [0, 0.1) is 0 Å². The predicted molar refractivity (Wildman–Crippen MR) is 113 cm³/mol. The van der Waals surface area contributed by atoms with E-state index in [0.717, 1.165) is 23.5 Å². The van der Waals surface area contributed by atoms with Crippen molar-refractivity contribution >= 4 is 23.7 Å². The van der Waals surface area contributed by atoms with Crippen LogP contribution in [0.2, 0.25) is 0 Å². The van der Waals surface area contributed by atoms with Gasteiger partial charge in [0.25, 0.3) is 0 Å². The summed E-state index contributed by atoms with van der Waals surface area (Å²) in [7, 11) is 0. The molecule has 2 unspecified atom stereocenters. The molecule has 7 nitrogen and oxygen atoms in total. The van der Waals surface area contributed by atoms with Crippen LogP contribution in [0.15, 0.2) is 24.3 Å². The van der Waals surface area contributed by atoms with Crippen LogP contribution in [0.25, 0.3) is 0 Å². The van der Waals surface area contributed by atoms with Crippen LogP contribution in [-0.4, -0.2) is 58.7 Å². The third-order valence-corrected chi connectivity index (χ3v) is 6.84. The van der Waals surface area contributed by atoms with Gasteiger partial charge < -0.3 is 9.64 Å². The Hall–Kier alpha value is -2.91. The topological polar surface area (TPSA) is 84.0 Å². The number of imide groups is 1. The molecule has 3 fully saturated rings. The van der Waals surface area contributed by atoms with Crippen molar-refractivity contribution in [3.63, 3.8) is 0 Å². The average Bonchev–Trinajstić information content (AvgIpc) is 3.59. The first-order chi connectivity index (χ1) is 16.1. The molecule has 1 aliphatic carbocycles. The molecule has 2 aliphatic heterocycles. The molecule has 184 valence electrons. The molecule has 34 heavy (non-hydrogen) atoms. The minimum Gasteiger partial charge on any atom is -0.464 e. The number of likely N-dealkylation sites (tertiary alicyclic amines) is 2. The number of halogens is 3. The number of piperidine rings is 1. The zero-order valence-electron chi connectivity index (χ0n) is 18.9. The molecule has 2 atom stereocenters. The van der Waals surface area contributed by atoms with Crippen LogP contribution in [0.1, 0.15) is 63.0 Å². The highest BCUT2D eigenvalue weighted by Gasteiger charge is 2.58. The number of benzene rings is 1. The van der Waals surface area contributed by atoms with E-state index in [1.165, 1.54) is 17.0 Å². The van der Waals surface area contributed by atoms with E-state index in [-0.39, 0.29) is 31.2 Å². The Kier molecular flexibility index (Phi) is 6.44. The largest absolute Gasteiger partial charge is 0.464 e. The molecule has 0 bridgehead atoms. The molecule has 3 aliphatic rings. The van der Waals surface area contributed by atoms with E-state index < -0.39 is 53.3 Å². The maximum Gasteiger partial charge on any atom is 0.416 e. The summed E-state index contributed by atoms with van der Waals surface area (Å²) in [5.74, 6) is -2.22. The van der Waals surface area contributed by atoms with Crippen molar-refractivity contribution in [2.75, 3.05) is 13.2 Å². The van der Waals surface area contributed by atoms with Gasteiger partial charge in [-0.25, -0.2) is 4.79 Å². The van der Waals surface area contributed by atoms with Gasteiger partial charge in [0.15, 0.2) is 0 Å². The van der Waals surface area contributed by atoms with Gasteiger partial charge >= 0.3 is 12.1 Å². The minimum absolute atomic E-state index is 0.0122. The molecular weight excluding hydrogens is 453 g/mol. The maximum absolute atomic E-state index is 13.6. The lowest BCUT2D eigenvalue weighted by Crippen LogP contribution is -2.51. The van der Waals surface area contributed by atoms with Crippen LogP contribution >= 0.6 is 0 Å². The number of rotatable bonds is 6. The molecule has 2 saturated heterocycles. The molecule has 1 aromatic carbocycles. The van der Waals surface area contributed by atoms with E-state index in [0.29, 0.717) is 25.7 Å². The summed E-state index contributed by atoms with van der Waals surface area (Å²) in [5, 5.41) is 0. The summed E-state index contributed by atoms with van der Waals surface area (Å²) in [4.78, 5) is 54.8. The van der Waals surface area contributed by atoms with E-state index >= 15 is 0 Å². The highest BCUT2D eigenvalue weighted by molar-refractivity contribution is 6.11. The second-order valence-corrected chi connectivity index (χ2v) is 9.17. The van der Waals surface area contributed by atoms with Crippen molar-refractivity contribution in [3.8, 4) is 0 Å². The van der Waals surface area contributed by atoms with Crippen molar-refractivity contribution in [3.05, 3.63) is 35.4 Å². The van der Waals surface area contributed by atoms with E-state index in [1.807, 2.05) is 0 Å². The molecule has 2 heterocycles. The normalized spacial score (nSPS) is 25.6. The fourth-order valence-corrected chi connectivity index (χ4v) is 5.00. The smallest absolute Gasteiger partial charge is 0.416 e. The van der Waals surface area contributed by atoms with Crippen LogP contribution in [-0.2, 0) is 35.5 Å². The number of esters is 1. The second-order valence-electron chi connectivity index (χ2n) is 9.17. The molecule has 0 spiro atoms. The molecule has 4 rings (SSSR count). The fraction of sp³-hybridized carbons (Fsp3) is 0.583. The van der Waals surface area contributed by atoms with Gasteiger partial charge in [-0.15, -0.1) is 0 Å². The van der Waals surface area contributed by atoms with Gasteiger partial charge in [0.2, 0.25) is 17.7 Å². The number of carbonyl (C=O) groups is 4. The Morgan fingerprint density at radius 1 is 1.15 bits per heavy atom. The molecular formula is C24H27F3N2O5. The summed E-state index contributed by atoms with van der Waals surface area (Å²) in [6.45, 7) is 2.08. The van der Waals surface area contributed by atoms with E-state index in [1.54, 1.807) is 6.92 Å². The zero-order chi connectivity index (χ0) is 24.7. The van der Waals surface area contributed by atoms with Gasteiger partial charge in [0.1, 0.15) is 6.04 Å². The van der Waals surface area contributed by atoms with E-state index in [2.05, 4.69) is 0 Å². The Morgan fingerprint density at radius 3 is 2.53 bits per heavy atom. The fourth-order valence-electron chi connectivity index (χ4n) is 5.00. The van der Waals surface area contributed by atoms with Crippen molar-refractivity contribution in [2.45, 2.75) is 75.5 Å². The Labute approximate surface area is 195 Å². The summed E-state index contributed by atoms with van der Waals surface area (Å²) in [6, 6.07) is 3.21. The van der Waals surface area contributed by atoms with Crippen LogP contribution < -0.4 is 0 Å². The van der Waals surface area contributed by atoms with Gasteiger partial charge in [-0.3, -0.25) is 19.3 Å². The molecule has 0 aromatic heterocycles. The third-order valence-electron chi connectivity index (χ3n) is 6.84. The van der Waals surface area contributed by atoms with Gasteiger partial charge in [-0.1, -0.05) is 18.2 Å². The summed E-state index contributed by atoms with van der Waals surface area (Å²) >= 11 is 0. The molecule has 10 heteroatoms. The van der Waals surface area contributed by atoms with Crippen LogP contribution in [0.4, 0.5) is 13.2 Å². The highest BCUT2D eigenvalue weighted by atomic mass is 19.4. The Balaban J connectivity index is 1.71. The first-order valence-corrected chi connectivity index (χ1v) is 11.6. The number of ether oxygens (including phenoxy) is 1. The van der Waals surface area contributed by atoms with E-state index in [9.17, 15) is 32.3 Å². The Morgan fingerprint density at radius 2 is 1.88 bits per heavy atom. The molecule has 1 aromatic rings. The number of nitrogens with zero attached hydrogens (tertiary/aromatic N) is 2. The third kappa shape index (κ3) is 4.42. The van der Waals surface area contributed by atoms with E-state index in [4.69, 9.17) is 4.74 Å². The van der Waals surface area contributed by atoms with Gasteiger partial charge in [0.05, 0.1) is 17.6 Å². The van der Waals surface area contributed by atoms with Crippen molar-refractivity contribution in [1.82, 2.24) is 9.80 Å². The monoisotopic (exact) mass is 480 g/mol. The first kappa shape index (κ1) is 24.2. The molecule has 0 N–H and O–H groups in total. The average molecular weight is 480 g/mol. The number of hydrogen-bond acceptors (Lipinski definition) is 5. The minimum atomic E-state index is -4.65. The van der Waals surface area contributed by atoms with Gasteiger partial charge in [0, 0.05) is 25.4 Å². The second kappa shape index (κ2) is 9.03. The van der Waals surface area contributed by atoms with Crippen molar-refractivity contribution < 1.29 is 37.1 Å². The van der Waals surface area contributed by atoms with Crippen LogP contribution in [0.5, 0.6) is 0 Å². The first-order valence-electron chi connectivity index (χ1n) is 11.6. The van der Waals surface area contributed by atoms with Gasteiger partial charge in [-0.05, 0) is 50.7 Å². The summed E-state index contributed by atoms with van der Waals surface area (Å²) < 4.78 is 45.4. The van der Waals surface area contributed by atoms with Gasteiger partial charge in [-0.2, -0.15) is 13.2 Å². The predicted octanol–water partition coefficient (Wildman–Crippen LogP) is 3.20. The number of carbonyl (C=O) groups excluding carboxylic acids is 4. The standard InChI is InChI=1S/C24H27F3N2O5/c1-2-34-21(32)18-8-3-4-11-28(18)19(30)13-23(14-20(31)29(22(23)33)17-9-10-17)15-6-5-7-16(12-15)24(25,26)27/h5-7,12,17-18H,2-4,8-11,13-14H2,1H3.